The fourth-order valence-electron chi connectivity index (χ4n) is 4.22. The quantitative estimate of drug-likeness (QED) is 0.139. The molecular weight excluding hydrogens is 460 g/mol. The van der Waals surface area contributed by atoms with Crippen LogP contribution in [0.5, 0.6) is 11.5 Å². The Labute approximate surface area is 220 Å². The monoisotopic (exact) mass is 496 g/mol. The van der Waals surface area contributed by atoms with Crippen LogP contribution in [0.3, 0.4) is 0 Å². The van der Waals surface area contributed by atoms with Gasteiger partial charge in [-0.3, -0.25) is 0 Å². The fourth-order valence-corrected chi connectivity index (χ4v) is 4.22. The Kier molecular flexibility index (Phi) is 9.75. The summed E-state index contributed by atoms with van der Waals surface area (Å²) >= 11 is 0. The van der Waals surface area contributed by atoms with Gasteiger partial charge in [-0.1, -0.05) is 105 Å². The van der Waals surface area contributed by atoms with Crippen molar-refractivity contribution in [2.24, 2.45) is 0 Å². The predicted molar refractivity (Wildman–Crippen MR) is 150 cm³/mol. The van der Waals surface area contributed by atoms with Crippen LogP contribution in [0, 0.1) is 0 Å². The summed E-state index contributed by atoms with van der Waals surface area (Å²) in [6, 6.07) is 35.1. The summed E-state index contributed by atoms with van der Waals surface area (Å²) in [5, 5.41) is 0. The van der Waals surface area contributed by atoms with Crippen molar-refractivity contribution in [1.29, 1.82) is 0 Å². The van der Waals surface area contributed by atoms with Gasteiger partial charge in [0.1, 0.15) is 24.7 Å². The third kappa shape index (κ3) is 7.22. The molecule has 0 aliphatic heterocycles. The standard InChI is InChI=1S/C33H36O4/c1-4-25(2)26-18-20-29(21-19-26)37-32(24-34-3)35-22-23-36-33-30(27-12-7-5-8-13-27)16-11-17-31(33)28-14-9-6-10-15-28/h5-21,25,32H,4,22-24H2,1-3H3. The number of ether oxygens (including phenoxy) is 4. The van der Waals surface area contributed by atoms with E-state index in [1.807, 2.05) is 48.5 Å². The Balaban J connectivity index is 1.44. The maximum absolute atomic E-state index is 6.39. The largest absolute Gasteiger partial charge is 0.490 e. The molecule has 4 rings (SSSR count). The van der Waals surface area contributed by atoms with Gasteiger partial charge in [-0.25, -0.2) is 0 Å². The summed E-state index contributed by atoms with van der Waals surface area (Å²) in [6.45, 7) is 5.48. The molecule has 192 valence electrons. The molecule has 0 radical (unpaired) electrons. The first-order valence-electron chi connectivity index (χ1n) is 12.9. The third-order valence-corrected chi connectivity index (χ3v) is 6.45. The van der Waals surface area contributed by atoms with E-state index < -0.39 is 6.29 Å². The van der Waals surface area contributed by atoms with Gasteiger partial charge in [-0.2, -0.15) is 0 Å². The minimum Gasteiger partial charge on any atom is -0.490 e. The van der Waals surface area contributed by atoms with Crippen LogP contribution in [0.4, 0.5) is 0 Å². The van der Waals surface area contributed by atoms with Gasteiger partial charge < -0.3 is 18.9 Å². The molecule has 0 N–H and O–H groups in total. The highest BCUT2D eigenvalue weighted by atomic mass is 16.7. The van der Waals surface area contributed by atoms with Crippen molar-refractivity contribution in [2.75, 3.05) is 26.9 Å². The van der Waals surface area contributed by atoms with Crippen molar-refractivity contribution < 1.29 is 18.9 Å². The molecule has 37 heavy (non-hydrogen) atoms. The number of hydrogen-bond acceptors (Lipinski definition) is 4. The minimum atomic E-state index is -0.527. The molecule has 0 fully saturated rings. The van der Waals surface area contributed by atoms with E-state index >= 15 is 0 Å². The molecule has 0 aliphatic carbocycles. The molecule has 4 nitrogen and oxygen atoms in total. The Morgan fingerprint density at radius 3 is 1.81 bits per heavy atom. The molecule has 0 spiro atoms. The van der Waals surface area contributed by atoms with Gasteiger partial charge in [0.2, 0.25) is 6.29 Å². The summed E-state index contributed by atoms with van der Waals surface area (Å²) in [7, 11) is 1.64. The van der Waals surface area contributed by atoms with Gasteiger partial charge in [0.05, 0.1) is 6.61 Å². The molecule has 0 heterocycles. The molecule has 4 aromatic carbocycles. The zero-order valence-corrected chi connectivity index (χ0v) is 21.9. The molecule has 4 heteroatoms. The van der Waals surface area contributed by atoms with E-state index in [0.717, 1.165) is 40.2 Å². The topological polar surface area (TPSA) is 36.9 Å². The first-order chi connectivity index (χ1) is 18.2. The van der Waals surface area contributed by atoms with Crippen molar-refractivity contribution in [2.45, 2.75) is 32.5 Å². The highest BCUT2D eigenvalue weighted by molar-refractivity contribution is 5.82. The summed E-state index contributed by atoms with van der Waals surface area (Å²) < 4.78 is 23.8. The van der Waals surface area contributed by atoms with Crippen LogP contribution < -0.4 is 9.47 Å². The Morgan fingerprint density at radius 2 is 1.27 bits per heavy atom. The number of para-hydroxylation sites is 1. The van der Waals surface area contributed by atoms with E-state index in [4.69, 9.17) is 18.9 Å². The Morgan fingerprint density at radius 1 is 0.676 bits per heavy atom. The van der Waals surface area contributed by atoms with Crippen LogP contribution in [-0.2, 0) is 9.47 Å². The lowest BCUT2D eigenvalue weighted by Crippen LogP contribution is -2.28. The second-order valence-electron chi connectivity index (χ2n) is 9.01. The lowest BCUT2D eigenvalue weighted by molar-refractivity contribution is -0.119. The van der Waals surface area contributed by atoms with Gasteiger partial charge >= 0.3 is 0 Å². The lowest BCUT2D eigenvalue weighted by Gasteiger charge is -2.21. The average molecular weight is 497 g/mol. The maximum atomic E-state index is 6.39. The summed E-state index contributed by atoms with van der Waals surface area (Å²) in [5.74, 6) is 2.13. The molecule has 0 saturated carbocycles. The van der Waals surface area contributed by atoms with Crippen molar-refractivity contribution >= 4 is 0 Å². The number of hydrogen-bond donors (Lipinski definition) is 0. The molecule has 2 unspecified atom stereocenters. The van der Waals surface area contributed by atoms with Crippen LogP contribution >= 0.6 is 0 Å². The lowest BCUT2D eigenvalue weighted by atomic mass is 9.97. The molecule has 2 atom stereocenters. The zero-order chi connectivity index (χ0) is 25.9. The molecular formula is C33H36O4. The summed E-state index contributed by atoms with van der Waals surface area (Å²) in [6.07, 6.45) is 0.579. The van der Waals surface area contributed by atoms with Crippen molar-refractivity contribution in [3.05, 3.63) is 109 Å². The second-order valence-corrected chi connectivity index (χ2v) is 9.01. The van der Waals surface area contributed by atoms with Crippen molar-refractivity contribution in [3.8, 4) is 33.8 Å². The van der Waals surface area contributed by atoms with Crippen LogP contribution in [0.25, 0.3) is 22.3 Å². The number of methoxy groups -OCH3 is 1. The smallest absolute Gasteiger partial charge is 0.223 e. The average Bonchev–Trinajstić information content (AvgIpc) is 2.96. The van der Waals surface area contributed by atoms with E-state index in [1.165, 1.54) is 5.56 Å². The van der Waals surface area contributed by atoms with Gasteiger partial charge in [0, 0.05) is 18.2 Å². The van der Waals surface area contributed by atoms with E-state index in [2.05, 4.69) is 68.4 Å². The minimum absolute atomic E-state index is 0.322. The van der Waals surface area contributed by atoms with E-state index in [9.17, 15) is 0 Å². The van der Waals surface area contributed by atoms with Crippen LogP contribution in [-0.4, -0.2) is 33.2 Å². The molecule has 4 aromatic rings. The van der Waals surface area contributed by atoms with Gasteiger partial charge in [0.25, 0.3) is 0 Å². The zero-order valence-electron chi connectivity index (χ0n) is 21.9. The highest BCUT2D eigenvalue weighted by Gasteiger charge is 2.15. The summed E-state index contributed by atoms with van der Waals surface area (Å²) in [5.41, 5.74) is 5.62. The van der Waals surface area contributed by atoms with Crippen LogP contribution in [0.15, 0.2) is 103 Å². The Hall–Kier alpha value is -3.60. The number of benzene rings is 4. The van der Waals surface area contributed by atoms with Crippen molar-refractivity contribution in [3.63, 3.8) is 0 Å². The Bertz CT molecular complexity index is 1150. The number of rotatable bonds is 13. The van der Waals surface area contributed by atoms with E-state index in [1.54, 1.807) is 7.11 Å². The molecule has 0 aromatic heterocycles. The highest BCUT2D eigenvalue weighted by Crippen LogP contribution is 2.39. The predicted octanol–water partition coefficient (Wildman–Crippen LogP) is 7.98. The summed E-state index contributed by atoms with van der Waals surface area (Å²) in [4.78, 5) is 0. The van der Waals surface area contributed by atoms with Crippen LogP contribution in [0.1, 0.15) is 31.7 Å². The third-order valence-electron chi connectivity index (χ3n) is 6.45. The van der Waals surface area contributed by atoms with Gasteiger partial charge in [0.15, 0.2) is 0 Å². The molecule has 0 amide bonds. The first-order valence-corrected chi connectivity index (χ1v) is 12.9. The maximum Gasteiger partial charge on any atom is 0.223 e. The molecule has 0 aliphatic rings. The SMILES string of the molecule is CCC(C)c1ccc(OC(COC)OCCOc2c(-c3ccccc3)cccc2-c2ccccc2)cc1. The fraction of sp³-hybridized carbons (Fsp3) is 0.273. The van der Waals surface area contributed by atoms with Gasteiger partial charge in [-0.05, 0) is 41.2 Å². The molecule has 0 saturated heterocycles. The second kappa shape index (κ2) is 13.6. The molecule has 0 bridgehead atoms. The van der Waals surface area contributed by atoms with E-state index in [-0.39, 0.29) is 0 Å². The first kappa shape index (κ1) is 26.5. The van der Waals surface area contributed by atoms with E-state index in [0.29, 0.717) is 25.7 Å². The van der Waals surface area contributed by atoms with Crippen LogP contribution in [0.2, 0.25) is 0 Å². The van der Waals surface area contributed by atoms with Crippen molar-refractivity contribution in [1.82, 2.24) is 0 Å². The van der Waals surface area contributed by atoms with Gasteiger partial charge in [-0.15, -0.1) is 0 Å². The normalized spacial score (nSPS) is 12.6.